The van der Waals surface area contributed by atoms with Crippen LogP contribution in [0.4, 0.5) is 0 Å². The minimum atomic E-state index is 0.704. The van der Waals surface area contributed by atoms with Crippen LogP contribution in [0.15, 0.2) is 48.5 Å². The lowest BCUT2D eigenvalue weighted by Gasteiger charge is -2.08. The molecule has 2 rings (SSSR count). The average molecular weight is 296 g/mol. The van der Waals surface area contributed by atoms with E-state index in [0.29, 0.717) is 11.8 Å². The van der Waals surface area contributed by atoms with Crippen LogP contribution in [0.2, 0.25) is 0 Å². The zero-order chi connectivity index (χ0) is 16.5. The van der Waals surface area contributed by atoms with Gasteiger partial charge in [0.05, 0.1) is 0 Å². The maximum atomic E-state index is 2.27. The fourth-order valence-electron chi connectivity index (χ4n) is 2.34. The molecule has 2 unspecified atom stereocenters. The first-order valence-electron chi connectivity index (χ1n) is 8.61. The summed E-state index contributed by atoms with van der Waals surface area (Å²) in [6.45, 7) is 13.3. The predicted octanol–water partition coefficient (Wildman–Crippen LogP) is 7.02. The van der Waals surface area contributed by atoms with Gasteiger partial charge in [-0.2, -0.15) is 0 Å². The average Bonchev–Trinajstić information content (AvgIpc) is 2.54. The summed E-state index contributed by atoms with van der Waals surface area (Å²) < 4.78 is 0. The fraction of sp³-hybridized carbons (Fsp3) is 0.455. The monoisotopic (exact) mass is 296 g/mol. The summed E-state index contributed by atoms with van der Waals surface area (Å²) in [7, 11) is 0. The van der Waals surface area contributed by atoms with Crippen LogP contribution >= 0.6 is 0 Å². The van der Waals surface area contributed by atoms with Crippen molar-refractivity contribution in [3.63, 3.8) is 0 Å². The lowest BCUT2D eigenvalue weighted by molar-refractivity contribution is 0.733. The van der Waals surface area contributed by atoms with Crippen molar-refractivity contribution in [2.24, 2.45) is 0 Å². The van der Waals surface area contributed by atoms with Gasteiger partial charge in [-0.3, -0.25) is 0 Å². The van der Waals surface area contributed by atoms with Gasteiger partial charge in [-0.1, -0.05) is 87.4 Å². The summed E-state index contributed by atoms with van der Waals surface area (Å²) >= 11 is 0. The summed E-state index contributed by atoms with van der Waals surface area (Å²) in [5.41, 5.74) is 5.63. The third-order valence-corrected chi connectivity index (χ3v) is 4.48. The van der Waals surface area contributed by atoms with E-state index in [1.54, 1.807) is 0 Å². The molecule has 0 aromatic heterocycles. The highest BCUT2D eigenvalue weighted by molar-refractivity contribution is 5.25. The lowest BCUT2D eigenvalue weighted by Crippen LogP contribution is -1.90. The van der Waals surface area contributed by atoms with Gasteiger partial charge in [0, 0.05) is 0 Å². The number of benzene rings is 2. The molecule has 0 bridgehead atoms. The Labute approximate surface area is 137 Å². The largest absolute Gasteiger partial charge is 0.0648 e. The van der Waals surface area contributed by atoms with Crippen molar-refractivity contribution in [2.75, 3.05) is 0 Å². The molecule has 0 aliphatic heterocycles. The van der Waals surface area contributed by atoms with Crippen LogP contribution in [-0.2, 0) is 0 Å². The molecule has 0 amide bonds. The number of rotatable bonds is 4. The molecule has 0 fully saturated rings. The molecule has 0 nitrogen and oxygen atoms in total. The van der Waals surface area contributed by atoms with Gasteiger partial charge in [-0.05, 0) is 49.7 Å². The summed E-state index contributed by atoms with van der Waals surface area (Å²) in [5.74, 6) is 1.41. The second-order valence-electron chi connectivity index (χ2n) is 6.44. The molecule has 0 saturated carbocycles. The highest BCUT2D eigenvalue weighted by Gasteiger charge is 2.01. The number of aryl methyl sites for hydroxylation is 2. The predicted molar refractivity (Wildman–Crippen MR) is 99.8 cm³/mol. The Kier molecular flexibility index (Phi) is 7.95. The highest BCUT2D eigenvalue weighted by atomic mass is 14.1. The van der Waals surface area contributed by atoms with Crippen LogP contribution in [0.3, 0.4) is 0 Å². The SMILES string of the molecule is CCC(C)c1ccc(C)cc1.CCC(C)c1cccc(C)c1. The van der Waals surface area contributed by atoms with Crippen molar-refractivity contribution < 1.29 is 0 Å². The Balaban J connectivity index is 0.000000220. The molecule has 0 saturated heterocycles. The third kappa shape index (κ3) is 6.05. The van der Waals surface area contributed by atoms with Crippen molar-refractivity contribution in [3.8, 4) is 0 Å². The molecular formula is C22H32. The van der Waals surface area contributed by atoms with Crippen LogP contribution in [0.5, 0.6) is 0 Å². The van der Waals surface area contributed by atoms with Gasteiger partial charge in [0.25, 0.3) is 0 Å². The van der Waals surface area contributed by atoms with Crippen molar-refractivity contribution in [1.29, 1.82) is 0 Å². The fourth-order valence-corrected chi connectivity index (χ4v) is 2.34. The van der Waals surface area contributed by atoms with Gasteiger partial charge < -0.3 is 0 Å². The Morgan fingerprint density at radius 3 is 1.73 bits per heavy atom. The Bertz CT molecular complexity index is 536. The van der Waals surface area contributed by atoms with Gasteiger partial charge in [0.15, 0.2) is 0 Å². The van der Waals surface area contributed by atoms with E-state index >= 15 is 0 Å². The Morgan fingerprint density at radius 1 is 0.682 bits per heavy atom. The first-order valence-corrected chi connectivity index (χ1v) is 8.61. The van der Waals surface area contributed by atoms with Crippen molar-refractivity contribution in [3.05, 3.63) is 70.8 Å². The quantitative estimate of drug-likeness (QED) is 0.569. The topological polar surface area (TPSA) is 0 Å². The van der Waals surface area contributed by atoms with Crippen LogP contribution in [0.25, 0.3) is 0 Å². The molecule has 2 aromatic rings. The van der Waals surface area contributed by atoms with E-state index in [0.717, 1.165) is 0 Å². The molecule has 120 valence electrons. The molecule has 0 spiro atoms. The van der Waals surface area contributed by atoms with Crippen LogP contribution in [0, 0.1) is 13.8 Å². The number of hydrogen-bond acceptors (Lipinski definition) is 0. The van der Waals surface area contributed by atoms with Crippen molar-refractivity contribution in [1.82, 2.24) is 0 Å². The first-order chi connectivity index (χ1) is 10.5. The molecular weight excluding hydrogens is 264 g/mol. The summed E-state index contributed by atoms with van der Waals surface area (Å²) in [6, 6.07) is 17.6. The second kappa shape index (κ2) is 9.46. The van der Waals surface area contributed by atoms with E-state index in [4.69, 9.17) is 0 Å². The standard InChI is InChI=1S/2C11H16/c1-4-10(3)11-7-5-9(2)6-8-11;1-4-10(3)11-7-5-6-9(2)8-11/h2*5-8,10H,4H2,1-3H3. The van der Waals surface area contributed by atoms with Gasteiger partial charge >= 0.3 is 0 Å². The maximum absolute atomic E-state index is 2.27. The summed E-state index contributed by atoms with van der Waals surface area (Å²) in [6.07, 6.45) is 2.45. The molecule has 0 aliphatic rings. The van der Waals surface area contributed by atoms with Gasteiger partial charge in [0.2, 0.25) is 0 Å². The molecule has 0 aliphatic carbocycles. The van der Waals surface area contributed by atoms with E-state index in [9.17, 15) is 0 Å². The van der Waals surface area contributed by atoms with E-state index < -0.39 is 0 Å². The molecule has 0 radical (unpaired) electrons. The van der Waals surface area contributed by atoms with Crippen LogP contribution in [0.1, 0.15) is 74.6 Å². The van der Waals surface area contributed by atoms with Gasteiger partial charge in [-0.15, -0.1) is 0 Å². The van der Waals surface area contributed by atoms with Crippen LogP contribution < -0.4 is 0 Å². The lowest BCUT2D eigenvalue weighted by atomic mass is 9.97. The molecule has 0 heterocycles. The van der Waals surface area contributed by atoms with Crippen LogP contribution in [-0.4, -0.2) is 0 Å². The van der Waals surface area contributed by atoms with E-state index in [1.165, 1.54) is 35.1 Å². The van der Waals surface area contributed by atoms with Gasteiger partial charge in [-0.25, -0.2) is 0 Å². The molecule has 0 N–H and O–H groups in total. The second-order valence-corrected chi connectivity index (χ2v) is 6.44. The normalized spacial score (nSPS) is 13.0. The Morgan fingerprint density at radius 2 is 1.23 bits per heavy atom. The minimum Gasteiger partial charge on any atom is -0.0648 e. The summed E-state index contributed by atoms with van der Waals surface area (Å²) in [4.78, 5) is 0. The highest BCUT2D eigenvalue weighted by Crippen LogP contribution is 2.19. The zero-order valence-corrected chi connectivity index (χ0v) is 15.2. The zero-order valence-electron chi connectivity index (χ0n) is 15.2. The van der Waals surface area contributed by atoms with Crippen molar-refractivity contribution in [2.45, 2.75) is 66.2 Å². The summed E-state index contributed by atoms with van der Waals surface area (Å²) in [5, 5.41) is 0. The van der Waals surface area contributed by atoms with E-state index in [-0.39, 0.29) is 0 Å². The molecule has 0 heteroatoms. The maximum Gasteiger partial charge on any atom is -0.0193 e. The number of hydrogen-bond donors (Lipinski definition) is 0. The van der Waals surface area contributed by atoms with Gasteiger partial charge in [0.1, 0.15) is 0 Å². The molecule has 2 atom stereocenters. The first kappa shape index (κ1) is 18.5. The van der Waals surface area contributed by atoms with E-state index in [1.807, 2.05) is 0 Å². The third-order valence-electron chi connectivity index (χ3n) is 4.48. The van der Waals surface area contributed by atoms with E-state index in [2.05, 4.69) is 90.1 Å². The smallest absolute Gasteiger partial charge is 0.0193 e. The van der Waals surface area contributed by atoms with Crippen molar-refractivity contribution >= 4 is 0 Å². The Hall–Kier alpha value is -1.56. The molecule has 2 aromatic carbocycles. The molecule has 22 heavy (non-hydrogen) atoms. The minimum absolute atomic E-state index is 0.704.